The molecule has 2 nitrogen and oxygen atoms in total. The zero-order valence-corrected chi connectivity index (χ0v) is 10.2. The Kier molecular flexibility index (Phi) is 4.28. The largest absolute Gasteiger partial charge is 0.492 e. The van der Waals surface area contributed by atoms with Crippen LogP contribution >= 0.6 is 11.6 Å². The maximum Gasteiger partial charge on any atom is 0.119 e. The molecule has 0 fully saturated rings. The third kappa shape index (κ3) is 4.00. The van der Waals surface area contributed by atoms with Crippen molar-refractivity contribution in [1.82, 2.24) is 0 Å². The van der Waals surface area contributed by atoms with E-state index in [1.807, 2.05) is 54.6 Å². The fourth-order valence-electron chi connectivity index (χ4n) is 1.45. The quantitative estimate of drug-likeness (QED) is 0.811. The second-order valence-corrected chi connectivity index (χ2v) is 4.03. The molecule has 0 spiro atoms. The molecule has 3 heteroatoms. The first-order valence-electron chi connectivity index (χ1n) is 5.52. The van der Waals surface area contributed by atoms with Crippen molar-refractivity contribution < 1.29 is 4.74 Å². The topological polar surface area (TPSA) is 21.3 Å². The van der Waals surface area contributed by atoms with Crippen LogP contribution in [0.5, 0.6) is 5.75 Å². The van der Waals surface area contributed by atoms with Crippen LogP contribution in [-0.4, -0.2) is 13.2 Å². The van der Waals surface area contributed by atoms with Crippen molar-refractivity contribution in [1.29, 1.82) is 0 Å². The molecule has 1 N–H and O–H groups in total. The molecule has 0 heterocycles. The van der Waals surface area contributed by atoms with Gasteiger partial charge in [-0.05, 0) is 36.4 Å². The second kappa shape index (κ2) is 6.16. The Balaban J connectivity index is 1.71. The summed E-state index contributed by atoms with van der Waals surface area (Å²) in [6.45, 7) is 1.39. The maximum atomic E-state index is 5.80. The zero-order valence-electron chi connectivity index (χ0n) is 9.40. The summed E-state index contributed by atoms with van der Waals surface area (Å²) >= 11 is 5.80. The van der Waals surface area contributed by atoms with E-state index < -0.39 is 0 Å². The molecule has 0 saturated carbocycles. The summed E-state index contributed by atoms with van der Waals surface area (Å²) in [7, 11) is 0. The Bertz CT molecular complexity index is 442. The van der Waals surface area contributed by atoms with Crippen molar-refractivity contribution in [2.45, 2.75) is 0 Å². The number of hydrogen-bond acceptors (Lipinski definition) is 2. The minimum atomic E-state index is 0.632. The highest BCUT2D eigenvalue weighted by Crippen LogP contribution is 2.13. The van der Waals surface area contributed by atoms with Crippen LogP contribution in [0.3, 0.4) is 0 Å². The van der Waals surface area contributed by atoms with E-state index in [9.17, 15) is 0 Å². The Morgan fingerprint density at radius 1 is 0.941 bits per heavy atom. The molecule has 0 atom stereocenters. The molecule has 2 rings (SSSR count). The van der Waals surface area contributed by atoms with Crippen molar-refractivity contribution in [3.8, 4) is 5.75 Å². The standard InChI is InChI=1S/C14H14ClNO/c15-12-6-8-13(9-7-12)16-10-11-17-14-4-2-1-3-5-14/h1-9,16H,10-11H2. The second-order valence-electron chi connectivity index (χ2n) is 3.60. The van der Waals surface area contributed by atoms with Gasteiger partial charge in [-0.25, -0.2) is 0 Å². The summed E-state index contributed by atoms with van der Waals surface area (Å²) in [5.41, 5.74) is 1.05. The van der Waals surface area contributed by atoms with E-state index >= 15 is 0 Å². The number of hydrogen-bond donors (Lipinski definition) is 1. The first kappa shape index (κ1) is 11.8. The van der Waals surface area contributed by atoms with Gasteiger partial charge in [-0.3, -0.25) is 0 Å². The molecule has 88 valence electrons. The average Bonchev–Trinajstić information content (AvgIpc) is 2.38. The van der Waals surface area contributed by atoms with E-state index in [0.717, 1.165) is 23.0 Å². The van der Waals surface area contributed by atoms with Crippen molar-refractivity contribution in [3.05, 3.63) is 59.6 Å². The molecule has 0 aromatic heterocycles. The zero-order chi connectivity index (χ0) is 11.9. The van der Waals surface area contributed by atoms with E-state index in [-0.39, 0.29) is 0 Å². The molecule has 0 aliphatic heterocycles. The molecule has 0 unspecified atom stereocenters. The smallest absolute Gasteiger partial charge is 0.119 e. The predicted octanol–water partition coefficient (Wildman–Crippen LogP) is 3.83. The van der Waals surface area contributed by atoms with Gasteiger partial charge >= 0.3 is 0 Å². The molecule has 2 aromatic carbocycles. The number of benzene rings is 2. The van der Waals surface area contributed by atoms with E-state index in [0.29, 0.717) is 6.61 Å². The van der Waals surface area contributed by atoms with Crippen molar-refractivity contribution >= 4 is 17.3 Å². The van der Waals surface area contributed by atoms with Gasteiger partial charge in [-0.2, -0.15) is 0 Å². The molecule has 0 saturated heterocycles. The number of halogens is 1. The average molecular weight is 248 g/mol. The lowest BCUT2D eigenvalue weighted by atomic mass is 10.3. The van der Waals surface area contributed by atoms with Gasteiger partial charge in [0.05, 0.1) is 0 Å². The first-order valence-corrected chi connectivity index (χ1v) is 5.90. The van der Waals surface area contributed by atoms with Gasteiger partial charge in [0, 0.05) is 17.3 Å². The molecule has 0 radical (unpaired) electrons. The van der Waals surface area contributed by atoms with Crippen LogP contribution in [0.2, 0.25) is 5.02 Å². The number of ether oxygens (including phenoxy) is 1. The SMILES string of the molecule is Clc1ccc(NCCOc2ccccc2)cc1. The third-order valence-corrected chi connectivity index (χ3v) is 2.54. The Morgan fingerprint density at radius 3 is 2.35 bits per heavy atom. The van der Waals surface area contributed by atoms with E-state index in [1.165, 1.54) is 0 Å². The normalized spacial score (nSPS) is 9.94. The van der Waals surface area contributed by atoms with Crippen LogP contribution in [-0.2, 0) is 0 Å². The minimum absolute atomic E-state index is 0.632. The molecule has 17 heavy (non-hydrogen) atoms. The van der Waals surface area contributed by atoms with E-state index in [2.05, 4.69) is 5.32 Å². The molecule has 0 amide bonds. The summed E-state index contributed by atoms with van der Waals surface area (Å²) < 4.78 is 5.56. The Morgan fingerprint density at radius 2 is 1.65 bits per heavy atom. The molecule has 0 aliphatic rings. The van der Waals surface area contributed by atoms with Gasteiger partial charge in [0.15, 0.2) is 0 Å². The predicted molar refractivity (Wildman–Crippen MR) is 71.9 cm³/mol. The summed E-state index contributed by atoms with van der Waals surface area (Å²) in [4.78, 5) is 0. The first-order chi connectivity index (χ1) is 8.34. The maximum absolute atomic E-state index is 5.80. The monoisotopic (exact) mass is 247 g/mol. The van der Waals surface area contributed by atoms with Crippen LogP contribution in [0, 0.1) is 0 Å². The molecule has 2 aromatic rings. The Labute approximate surface area is 106 Å². The Hall–Kier alpha value is -1.67. The van der Waals surface area contributed by atoms with Crippen LogP contribution in [0.4, 0.5) is 5.69 Å². The van der Waals surface area contributed by atoms with Gasteiger partial charge < -0.3 is 10.1 Å². The fraction of sp³-hybridized carbons (Fsp3) is 0.143. The van der Waals surface area contributed by atoms with Crippen LogP contribution in [0.15, 0.2) is 54.6 Å². The summed E-state index contributed by atoms with van der Waals surface area (Å²) in [5, 5.41) is 4.00. The lowest BCUT2D eigenvalue weighted by Crippen LogP contribution is -2.11. The van der Waals surface area contributed by atoms with Gasteiger partial charge in [0.2, 0.25) is 0 Å². The summed E-state index contributed by atoms with van der Waals surface area (Å²) in [6, 6.07) is 17.4. The summed E-state index contributed by atoms with van der Waals surface area (Å²) in [6.07, 6.45) is 0. The fourth-order valence-corrected chi connectivity index (χ4v) is 1.57. The van der Waals surface area contributed by atoms with E-state index in [4.69, 9.17) is 16.3 Å². The van der Waals surface area contributed by atoms with E-state index in [1.54, 1.807) is 0 Å². The van der Waals surface area contributed by atoms with Crippen LogP contribution < -0.4 is 10.1 Å². The number of anilines is 1. The highest BCUT2D eigenvalue weighted by Gasteiger charge is 1.93. The summed E-state index contributed by atoms with van der Waals surface area (Å²) in [5.74, 6) is 0.894. The van der Waals surface area contributed by atoms with Crippen LogP contribution in [0.1, 0.15) is 0 Å². The molecular formula is C14H14ClNO. The number of nitrogens with one attached hydrogen (secondary N) is 1. The van der Waals surface area contributed by atoms with Gasteiger partial charge in [-0.1, -0.05) is 29.8 Å². The molecule has 0 aliphatic carbocycles. The van der Waals surface area contributed by atoms with Crippen LogP contribution in [0.25, 0.3) is 0 Å². The third-order valence-electron chi connectivity index (χ3n) is 2.29. The highest BCUT2D eigenvalue weighted by atomic mass is 35.5. The van der Waals surface area contributed by atoms with Gasteiger partial charge in [0.1, 0.15) is 12.4 Å². The van der Waals surface area contributed by atoms with Crippen molar-refractivity contribution in [3.63, 3.8) is 0 Å². The molecular weight excluding hydrogens is 234 g/mol. The minimum Gasteiger partial charge on any atom is -0.492 e. The lowest BCUT2D eigenvalue weighted by molar-refractivity contribution is 0.333. The van der Waals surface area contributed by atoms with Crippen molar-refractivity contribution in [2.75, 3.05) is 18.5 Å². The highest BCUT2D eigenvalue weighted by molar-refractivity contribution is 6.30. The number of rotatable bonds is 5. The lowest BCUT2D eigenvalue weighted by Gasteiger charge is -2.08. The number of para-hydroxylation sites is 1. The molecule has 0 bridgehead atoms. The van der Waals surface area contributed by atoms with Gasteiger partial charge in [-0.15, -0.1) is 0 Å². The van der Waals surface area contributed by atoms with Crippen molar-refractivity contribution in [2.24, 2.45) is 0 Å². The van der Waals surface area contributed by atoms with Gasteiger partial charge in [0.25, 0.3) is 0 Å².